The van der Waals surface area contributed by atoms with Gasteiger partial charge in [0.1, 0.15) is 42.0 Å². The fourth-order valence-electron chi connectivity index (χ4n) is 4.22. The van der Waals surface area contributed by atoms with Gasteiger partial charge in [-0.1, -0.05) is 23.7 Å². The van der Waals surface area contributed by atoms with E-state index in [0.717, 1.165) is 22.4 Å². The van der Waals surface area contributed by atoms with Gasteiger partial charge in [0, 0.05) is 17.5 Å². The average molecular weight is 451 g/mol. The molecule has 5 unspecified atom stereocenters. The van der Waals surface area contributed by atoms with E-state index in [1.165, 1.54) is 0 Å². The van der Waals surface area contributed by atoms with E-state index in [4.69, 9.17) is 25.8 Å². The van der Waals surface area contributed by atoms with Crippen molar-refractivity contribution in [2.45, 2.75) is 50.3 Å². The first-order valence-corrected chi connectivity index (χ1v) is 10.8. The number of hydrogen-bond donors (Lipinski definition) is 4. The Bertz CT molecular complexity index is 915. The Balaban J connectivity index is 1.70. The Hall–Kier alpha value is -1.87. The highest BCUT2D eigenvalue weighted by molar-refractivity contribution is 6.32. The van der Waals surface area contributed by atoms with Crippen LogP contribution < -0.4 is 9.47 Å². The molecule has 1 saturated heterocycles. The number of hydrogen-bond acceptors (Lipinski definition) is 7. The second-order valence-electron chi connectivity index (χ2n) is 7.85. The topological polar surface area (TPSA) is 109 Å². The molecule has 31 heavy (non-hydrogen) atoms. The highest BCUT2D eigenvalue weighted by atomic mass is 35.5. The minimum atomic E-state index is -1.46. The lowest BCUT2D eigenvalue weighted by molar-refractivity contribution is -0.232. The zero-order chi connectivity index (χ0) is 22.1. The van der Waals surface area contributed by atoms with E-state index in [9.17, 15) is 20.4 Å². The van der Waals surface area contributed by atoms with Crippen LogP contribution >= 0.6 is 11.6 Å². The Labute approximate surface area is 185 Å². The Morgan fingerprint density at radius 2 is 1.84 bits per heavy atom. The maximum Gasteiger partial charge on any atom is 0.130 e. The van der Waals surface area contributed by atoms with Crippen molar-refractivity contribution in [1.29, 1.82) is 0 Å². The fourth-order valence-corrected chi connectivity index (χ4v) is 4.52. The van der Waals surface area contributed by atoms with Crippen LogP contribution in [0.5, 0.6) is 11.5 Å². The van der Waals surface area contributed by atoms with Crippen LogP contribution in [0.4, 0.5) is 0 Å². The van der Waals surface area contributed by atoms with Gasteiger partial charge in [-0.3, -0.25) is 0 Å². The summed E-state index contributed by atoms with van der Waals surface area (Å²) < 4.78 is 17.1. The highest BCUT2D eigenvalue weighted by Crippen LogP contribution is 2.45. The van der Waals surface area contributed by atoms with Crippen LogP contribution in [0.3, 0.4) is 0 Å². The van der Waals surface area contributed by atoms with Crippen LogP contribution in [0.2, 0.25) is 5.02 Å². The van der Waals surface area contributed by atoms with E-state index in [1.54, 1.807) is 0 Å². The molecule has 7 nitrogen and oxygen atoms in total. The molecule has 1 fully saturated rings. The number of halogens is 1. The van der Waals surface area contributed by atoms with E-state index < -0.39 is 37.1 Å². The third-order valence-corrected chi connectivity index (χ3v) is 6.31. The van der Waals surface area contributed by atoms with Gasteiger partial charge in [-0.05, 0) is 42.7 Å². The molecule has 0 radical (unpaired) electrons. The summed E-state index contributed by atoms with van der Waals surface area (Å²) in [5, 5.41) is 41.1. The number of benzene rings is 2. The van der Waals surface area contributed by atoms with E-state index >= 15 is 0 Å². The number of aliphatic hydroxyl groups is 4. The molecule has 0 aromatic heterocycles. The van der Waals surface area contributed by atoms with Gasteiger partial charge in [-0.2, -0.15) is 0 Å². The van der Waals surface area contributed by atoms with Crippen molar-refractivity contribution >= 4 is 11.6 Å². The summed E-state index contributed by atoms with van der Waals surface area (Å²) in [6.45, 7) is 2.49. The first-order valence-electron chi connectivity index (χ1n) is 10.4. The maximum atomic E-state index is 10.6. The van der Waals surface area contributed by atoms with Gasteiger partial charge in [-0.25, -0.2) is 0 Å². The largest absolute Gasteiger partial charge is 0.494 e. The zero-order valence-electron chi connectivity index (χ0n) is 17.2. The lowest BCUT2D eigenvalue weighted by atomic mass is 9.88. The van der Waals surface area contributed by atoms with Gasteiger partial charge >= 0.3 is 0 Å². The third kappa shape index (κ3) is 4.26. The van der Waals surface area contributed by atoms with Crippen LogP contribution in [0.1, 0.15) is 35.3 Å². The van der Waals surface area contributed by atoms with Gasteiger partial charge < -0.3 is 34.6 Å². The second-order valence-corrected chi connectivity index (χ2v) is 8.23. The molecule has 0 amide bonds. The van der Waals surface area contributed by atoms with Crippen LogP contribution in [-0.4, -0.2) is 64.7 Å². The summed E-state index contributed by atoms with van der Waals surface area (Å²) in [5.74, 6) is 1.33. The minimum absolute atomic E-state index is 0.450. The maximum absolute atomic E-state index is 10.6. The van der Waals surface area contributed by atoms with Crippen molar-refractivity contribution in [3.63, 3.8) is 0 Å². The Kier molecular flexibility index (Phi) is 6.71. The van der Waals surface area contributed by atoms with Crippen LogP contribution in [0.15, 0.2) is 30.3 Å². The van der Waals surface area contributed by atoms with Crippen molar-refractivity contribution in [2.75, 3.05) is 19.8 Å². The second kappa shape index (κ2) is 9.32. The average Bonchev–Trinajstić information content (AvgIpc) is 3.27. The molecule has 2 aromatic rings. The third-order valence-electron chi connectivity index (χ3n) is 5.84. The van der Waals surface area contributed by atoms with Crippen LogP contribution in [0, 0.1) is 0 Å². The summed E-state index contributed by atoms with van der Waals surface area (Å²) in [6, 6.07) is 9.57. The molecular weight excluding hydrogens is 424 g/mol. The lowest BCUT2D eigenvalue weighted by Gasteiger charge is -2.40. The molecule has 168 valence electrons. The van der Waals surface area contributed by atoms with Gasteiger partial charge in [0.05, 0.1) is 24.8 Å². The molecule has 0 saturated carbocycles. The summed E-state index contributed by atoms with van der Waals surface area (Å²) >= 11 is 6.70. The number of rotatable bonds is 6. The predicted molar refractivity (Wildman–Crippen MR) is 114 cm³/mol. The monoisotopic (exact) mass is 450 g/mol. The highest BCUT2D eigenvalue weighted by Gasteiger charge is 2.45. The SMILES string of the molecule is CCOc1ccc(Cc2cc(C3OC(CO)C(O)C(O)C3O)c3c(c2Cl)CCO3)cc1. The minimum Gasteiger partial charge on any atom is -0.494 e. The van der Waals surface area contributed by atoms with Gasteiger partial charge in [0.2, 0.25) is 0 Å². The van der Waals surface area contributed by atoms with Crippen molar-refractivity contribution in [2.24, 2.45) is 0 Å². The molecule has 4 rings (SSSR count). The van der Waals surface area contributed by atoms with Gasteiger partial charge in [0.15, 0.2) is 0 Å². The molecule has 4 N–H and O–H groups in total. The predicted octanol–water partition coefficient (Wildman–Crippen LogP) is 1.78. The fraction of sp³-hybridized carbons (Fsp3) is 0.478. The number of aliphatic hydroxyl groups excluding tert-OH is 4. The normalized spacial score (nSPS) is 27.6. The smallest absolute Gasteiger partial charge is 0.130 e. The Morgan fingerprint density at radius 1 is 1.10 bits per heavy atom. The number of fused-ring (bicyclic) bond motifs is 1. The summed E-state index contributed by atoms with van der Waals surface area (Å²) in [7, 11) is 0. The van der Waals surface area contributed by atoms with Gasteiger partial charge in [-0.15, -0.1) is 0 Å². The summed E-state index contributed by atoms with van der Waals surface area (Å²) in [6.07, 6.45) is -5.06. The molecule has 2 aliphatic heterocycles. The number of ether oxygens (including phenoxy) is 3. The first kappa shape index (κ1) is 22.3. The van der Waals surface area contributed by atoms with Crippen molar-refractivity contribution in [1.82, 2.24) is 0 Å². The quantitative estimate of drug-likeness (QED) is 0.531. The van der Waals surface area contributed by atoms with Crippen molar-refractivity contribution in [3.8, 4) is 11.5 Å². The first-order chi connectivity index (χ1) is 14.9. The molecule has 0 aliphatic carbocycles. The zero-order valence-corrected chi connectivity index (χ0v) is 18.0. The molecule has 8 heteroatoms. The molecule has 0 spiro atoms. The molecular formula is C23H27ClO7. The van der Waals surface area contributed by atoms with Gasteiger partial charge in [0.25, 0.3) is 0 Å². The summed E-state index contributed by atoms with van der Waals surface area (Å²) in [4.78, 5) is 0. The van der Waals surface area contributed by atoms with E-state index in [1.807, 2.05) is 37.3 Å². The lowest BCUT2D eigenvalue weighted by Crippen LogP contribution is -2.55. The summed E-state index contributed by atoms with van der Waals surface area (Å²) in [5.41, 5.74) is 3.25. The van der Waals surface area contributed by atoms with Crippen molar-refractivity contribution in [3.05, 3.63) is 57.6 Å². The molecule has 0 bridgehead atoms. The standard InChI is InChI=1S/C23H27ClO7/c1-2-29-14-5-3-12(4-6-14)9-13-10-16(22-15(18(13)24)7-8-30-22)23-21(28)20(27)19(26)17(11-25)31-23/h3-6,10,17,19-21,23,25-28H,2,7-9,11H2,1H3. The van der Waals surface area contributed by atoms with Crippen LogP contribution in [0.25, 0.3) is 0 Å². The molecule has 2 aromatic carbocycles. The van der Waals surface area contributed by atoms with Crippen molar-refractivity contribution < 1.29 is 34.6 Å². The molecule has 2 heterocycles. The Morgan fingerprint density at radius 3 is 2.52 bits per heavy atom. The van der Waals surface area contributed by atoms with E-state index in [-0.39, 0.29) is 0 Å². The van der Waals surface area contributed by atoms with E-state index in [0.29, 0.717) is 42.4 Å². The molecule has 2 aliphatic rings. The van der Waals surface area contributed by atoms with E-state index in [2.05, 4.69) is 0 Å². The molecule has 5 atom stereocenters. The van der Waals surface area contributed by atoms with Crippen LogP contribution in [-0.2, 0) is 17.6 Å².